The lowest BCUT2D eigenvalue weighted by molar-refractivity contribution is 0.0514. The number of ether oxygens (including phenoxy) is 1. The minimum absolute atomic E-state index is 0.411. The van der Waals surface area contributed by atoms with Crippen molar-refractivity contribution in [1.82, 2.24) is 20.2 Å². The van der Waals surface area contributed by atoms with Gasteiger partial charge in [0.05, 0.1) is 19.3 Å². The van der Waals surface area contributed by atoms with Crippen LogP contribution in [-0.2, 0) is 11.3 Å². The molecule has 0 amide bonds. The zero-order valence-electron chi connectivity index (χ0n) is 12.3. The van der Waals surface area contributed by atoms with Crippen molar-refractivity contribution in [3.63, 3.8) is 0 Å². The Morgan fingerprint density at radius 2 is 2.14 bits per heavy atom. The number of nitrogens with zero attached hydrogens (tertiary/aromatic N) is 4. The largest absolute Gasteiger partial charge is 0.398 e. The number of rotatable bonds is 5. The summed E-state index contributed by atoms with van der Waals surface area (Å²) in [4.78, 5) is 0. The molecule has 112 valence electrons. The van der Waals surface area contributed by atoms with Crippen molar-refractivity contribution in [2.24, 2.45) is 0 Å². The van der Waals surface area contributed by atoms with Crippen LogP contribution in [0.3, 0.4) is 0 Å². The molecule has 1 heterocycles. The number of aryl methyl sites for hydroxylation is 1. The van der Waals surface area contributed by atoms with E-state index >= 15 is 0 Å². The van der Waals surface area contributed by atoms with Crippen LogP contribution in [0.4, 0.5) is 5.69 Å². The standard InChI is InChI=1S/C15H21N5O/c1-11-5-4-8-13(14(11)16)15-17-18-19-20(15)9-10-21-12-6-2-3-7-12/h4-5,8,12H,2-3,6-7,9-10,16H2,1H3. The van der Waals surface area contributed by atoms with Crippen LogP contribution in [0.25, 0.3) is 11.4 Å². The molecule has 21 heavy (non-hydrogen) atoms. The lowest BCUT2D eigenvalue weighted by Crippen LogP contribution is -2.15. The lowest BCUT2D eigenvalue weighted by Gasteiger charge is -2.12. The molecule has 1 fully saturated rings. The van der Waals surface area contributed by atoms with Gasteiger partial charge in [0.25, 0.3) is 0 Å². The lowest BCUT2D eigenvalue weighted by atomic mass is 10.1. The molecule has 1 aromatic carbocycles. The van der Waals surface area contributed by atoms with Crippen molar-refractivity contribution in [3.8, 4) is 11.4 Å². The van der Waals surface area contributed by atoms with E-state index in [1.54, 1.807) is 4.68 Å². The Bertz CT molecular complexity index is 604. The number of aromatic nitrogens is 4. The molecule has 6 nitrogen and oxygen atoms in total. The highest BCUT2D eigenvalue weighted by atomic mass is 16.5. The molecule has 1 saturated carbocycles. The number of hydrogen-bond donors (Lipinski definition) is 1. The van der Waals surface area contributed by atoms with Crippen molar-refractivity contribution < 1.29 is 4.74 Å². The predicted molar refractivity (Wildman–Crippen MR) is 80.6 cm³/mol. The molecule has 2 N–H and O–H groups in total. The van der Waals surface area contributed by atoms with Crippen LogP contribution in [0.15, 0.2) is 18.2 Å². The Morgan fingerprint density at radius 3 is 2.95 bits per heavy atom. The van der Waals surface area contributed by atoms with Gasteiger partial charge in [0.15, 0.2) is 5.82 Å². The van der Waals surface area contributed by atoms with Gasteiger partial charge in [0.2, 0.25) is 0 Å². The number of hydrogen-bond acceptors (Lipinski definition) is 5. The van der Waals surface area contributed by atoms with Crippen molar-refractivity contribution in [1.29, 1.82) is 0 Å². The Kier molecular flexibility index (Phi) is 4.15. The van der Waals surface area contributed by atoms with Crippen LogP contribution in [0.2, 0.25) is 0 Å². The Labute approximate surface area is 124 Å². The summed E-state index contributed by atoms with van der Waals surface area (Å²) in [6.45, 7) is 3.26. The highest BCUT2D eigenvalue weighted by Gasteiger charge is 2.16. The summed E-state index contributed by atoms with van der Waals surface area (Å²) in [6.07, 6.45) is 5.32. The van der Waals surface area contributed by atoms with Gasteiger partial charge in [-0.3, -0.25) is 0 Å². The number of anilines is 1. The van der Waals surface area contributed by atoms with Gasteiger partial charge in [-0.25, -0.2) is 4.68 Å². The van der Waals surface area contributed by atoms with Crippen LogP contribution in [0, 0.1) is 6.92 Å². The van der Waals surface area contributed by atoms with Gasteiger partial charge in [0, 0.05) is 11.3 Å². The summed E-state index contributed by atoms with van der Waals surface area (Å²) in [5.41, 5.74) is 8.77. The van der Waals surface area contributed by atoms with E-state index in [0.29, 0.717) is 25.1 Å². The number of nitrogen functional groups attached to an aromatic ring is 1. The van der Waals surface area contributed by atoms with Crippen LogP contribution in [0.1, 0.15) is 31.2 Å². The average Bonchev–Trinajstić information content (AvgIpc) is 3.14. The van der Waals surface area contributed by atoms with Gasteiger partial charge >= 0.3 is 0 Å². The highest BCUT2D eigenvalue weighted by Crippen LogP contribution is 2.26. The maximum absolute atomic E-state index is 6.13. The fraction of sp³-hybridized carbons (Fsp3) is 0.533. The summed E-state index contributed by atoms with van der Waals surface area (Å²) in [5, 5.41) is 11.9. The van der Waals surface area contributed by atoms with E-state index in [0.717, 1.165) is 16.8 Å². The zero-order chi connectivity index (χ0) is 14.7. The third-order valence-corrected chi connectivity index (χ3v) is 4.06. The third kappa shape index (κ3) is 3.05. The van der Waals surface area contributed by atoms with Crippen molar-refractivity contribution >= 4 is 5.69 Å². The molecule has 1 aliphatic rings. The second kappa shape index (κ2) is 6.22. The fourth-order valence-electron chi connectivity index (χ4n) is 2.78. The molecule has 0 atom stereocenters. The van der Waals surface area contributed by atoms with E-state index in [2.05, 4.69) is 15.5 Å². The van der Waals surface area contributed by atoms with E-state index in [1.165, 1.54) is 25.7 Å². The molecule has 6 heteroatoms. The number of nitrogens with two attached hydrogens (primary N) is 1. The second-order valence-electron chi connectivity index (χ2n) is 5.54. The quantitative estimate of drug-likeness (QED) is 0.853. The molecule has 3 rings (SSSR count). The van der Waals surface area contributed by atoms with Gasteiger partial charge in [-0.05, 0) is 41.8 Å². The highest BCUT2D eigenvalue weighted by molar-refractivity contribution is 5.73. The van der Waals surface area contributed by atoms with Crippen LogP contribution >= 0.6 is 0 Å². The van der Waals surface area contributed by atoms with Gasteiger partial charge in [0.1, 0.15) is 0 Å². The molecule has 0 spiro atoms. The fourth-order valence-corrected chi connectivity index (χ4v) is 2.78. The van der Waals surface area contributed by atoms with E-state index in [-0.39, 0.29) is 0 Å². The van der Waals surface area contributed by atoms with Gasteiger partial charge in [-0.15, -0.1) is 5.10 Å². The summed E-state index contributed by atoms with van der Waals surface area (Å²) in [6, 6.07) is 5.90. The minimum Gasteiger partial charge on any atom is -0.398 e. The molecule has 0 radical (unpaired) electrons. The molecular weight excluding hydrogens is 266 g/mol. The van der Waals surface area contributed by atoms with Gasteiger partial charge < -0.3 is 10.5 Å². The van der Waals surface area contributed by atoms with Crippen molar-refractivity contribution in [2.75, 3.05) is 12.3 Å². The molecular formula is C15H21N5O. The topological polar surface area (TPSA) is 78.8 Å². The van der Waals surface area contributed by atoms with Gasteiger partial charge in [-0.1, -0.05) is 25.0 Å². The van der Waals surface area contributed by atoms with E-state index < -0.39 is 0 Å². The first-order valence-electron chi connectivity index (χ1n) is 7.49. The second-order valence-corrected chi connectivity index (χ2v) is 5.54. The molecule has 0 aliphatic heterocycles. The van der Waals surface area contributed by atoms with E-state index in [9.17, 15) is 0 Å². The normalized spacial score (nSPS) is 15.7. The third-order valence-electron chi connectivity index (χ3n) is 4.06. The molecule has 1 aromatic heterocycles. The maximum atomic E-state index is 6.13. The monoisotopic (exact) mass is 287 g/mol. The smallest absolute Gasteiger partial charge is 0.184 e. The summed E-state index contributed by atoms with van der Waals surface area (Å²) < 4.78 is 7.64. The SMILES string of the molecule is Cc1cccc(-c2nnnn2CCOC2CCCC2)c1N. The number of benzene rings is 1. The Morgan fingerprint density at radius 1 is 1.33 bits per heavy atom. The molecule has 1 aliphatic carbocycles. The molecule has 0 unspecified atom stereocenters. The zero-order valence-corrected chi connectivity index (χ0v) is 12.3. The van der Waals surface area contributed by atoms with E-state index in [1.807, 2.05) is 25.1 Å². The van der Waals surface area contributed by atoms with Crippen LogP contribution in [-0.4, -0.2) is 32.9 Å². The van der Waals surface area contributed by atoms with Crippen molar-refractivity contribution in [2.45, 2.75) is 45.3 Å². The number of para-hydroxylation sites is 1. The van der Waals surface area contributed by atoms with E-state index in [4.69, 9.17) is 10.5 Å². The van der Waals surface area contributed by atoms with Crippen LogP contribution in [0.5, 0.6) is 0 Å². The number of tetrazole rings is 1. The summed E-state index contributed by atoms with van der Waals surface area (Å²) >= 11 is 0. The van der Waals surface area contributed by atoms with Gasteiger partial charge in [-0.2, -0.15) is 0 Å². The summed E-state index contributed by atoms with van der Waals surface area (Å²) in [5.74, 6) is 0.700. The molecule has 2 aromatic rings. The predicted octanol–water partition coefficient (Wildman–Crippen LogP) is 2.19. The first kappa shape index (κ1) is 14.0. The maximum Gasteiger partial charge on any atom is 0.184 e. The molecule has 0 saturated heterocycles. The summed E-state index contributed by atoms with van der Waals surface area (Å²) in [7, 11) is 0. The Hall–Kier alpha value is -1.95. The van der Waals surface area contributed by atoms with Crippen molar-refractivity contribution in [3.05, 3.63) is 23.8 Å². The minimum atomic E-state index is 0.411. The molecule has 0 bridgehead atoms. The first-order chi connectivity index (χ1) is 10.3. The Balaban J connectivity index is 1.70. The average molecular weight is 287 g/mol. The van der Waals surface area contributed by atoms with Crippen LogP contribution < -0.4 is 5.73 Å². The first-order valence-corrected chi connectivity index (χ1v) is 7.49.